The van der Waals surface area contributed by atoms with Crippen molar-refractivity contribution in [3.8, 4) is 0 Å². The maximum Gasteiger partial charge on any atom is 0.258 e. The largest absolute Gasteiger partial charge is 0.336 e. The van der Waals surface area contributed by atoms with Crippen molar-refractivity contribution in [3.63, 3.8) is 0 Å². The van der Waals surface area contributed by atoms with Gasteiger partial charge in [-0.2, -0.15) is 0 Å². The van der Waals surface area contributed by atoms with Crippen LogP contribution in [0.15, 0.2) is 60.7 Å². The summed E-state index contributed by atoms with van der Waals surface area (Å²) in [6.07, 6.45) is 0.00717. The molecule has 0 radical (unpaired) electrons. The van der Waals surface area contributed by atoms with E-state index in [4.69, 9.17) is 4.74 Å². The Labute approximate surface area is 138 Å². The van der Waals surface area contributed by atoms with E-state index in [1.165, 1.54) is 0 Å². The summed E-state index contributed by atoms with van der Waals surface area (Å²) in [7, 11) is -1.44. The molecule has 2 atom stereocenters. The van der Waals surface area contributed by atoms with Gasteiger partial charge in [-0.05, 0) is 5.56 Å². The Morgan fingerprint density at radius 2 is 1.43 bits per heavy atom. The topological polar surface area (TPSA) is 29.5 Å². The van der Waals surface area contributed by atoms with Crippen LogP contribution in [0.5, 0.6) is 0 Å². The number of ether oxygens (including phenoxy) is 1. The lowest BCUT2D eigenvalue weighted by Crippen LogP contribution is -2.42. The van der Waals surface area contributed by atoms with Gasteiger partial charge in [0, 0.05) is 11.7 Å². The summed E-state index contributed by atoms with van der Waals surface area (Å²) in [6.45, 7) is 6.83. The van der Waals surface area contributed by atoms with Crippen LogP contribution in [0.3, 0.4) is 0 Å². The monoisotopic (exact) mass is 325 g/mol. The van der Waals surface area contributed by atoms with E-state index in [0.717, 1.165) is 17.3 Å². The van der Waals surface area contributed by atoms with Crippen LogP contribution < -0.4 is 0 Å². The summed E-state index contributed by atoms with van der Waals surface area (Å²) in [5, 5.41) is 0. The second-order valence-corrected chi connectivity index (χ2v) is 12.7. The number of rotatable bonds is 4. The van der Waals surface area contributed by atoms with Gasteiger partial charge in [0.1, 0.15) is 0 Å². The molecule has 1 saturated heterocycles. The Morgan fingerprint density at radius 1 is 0.913 bits per heavy atom. The van der Waals surface area contributed by atoms with Gasteiger partial charge in [-0.3, -0.25) is 4.79 Å². The summed E-state index contributed by atoms with van der Waals surface area (Å²) < 4.78 is 6.20. The van der Waals surface area contributed by atoms with Crippen LogP contribution in [0.1, 0.15) is 23.5 Å². The summed E-state index contributed by atoms with van der Waals surface area (Å²) in [4.78, 5) is 14.9. The third kappa shape index (κ3) is 3.54. The molecule has 2 aromatic carbocycles. The molecule has 1 heterocycles. The van der Waals surface area contributed by atoms with Gasteiger partial charge in [-0.15, -0.1) is 0 Å². The average molecular weight is 325 g/mol. The molecule has 3 rings (SSSR count). The van der Waals surface area contributed by atoms with Crippen LogP contribution in [0.4, 0.5) is 0 Å². The average Bonchev–Trinajstić information content (AvgIpc) is 2.85. The van der Waals surface area contributed by atoms with Crippen LogP contribution in [0.25, 0.3) is 0 Å². The highest BCUT2D eigenvalue weighted by atomic mass is 28.3. The lowest BCUT2D eigenvalue weighted by atomic mass is 10.1. The van der Waals surface area contributed by atoms with E-state index in [-0.39, 0.29) is 12.1 Å². The molecule has 4 heteroatoms. The lowest BCUT2D eigenvalue weighted by Gasteiger charge is -2.29. The van der Waals surface area contributed by atoms with Crippen molar-refractivity contribution in [1.29, 1.82) is 0 Å². The van der Waals surface area contributed by atoms with Crippen LogP contribution in [-0.4, -0.2) is 25.0 Å². The third-order valence-corrected chi connectivity index (χ3v) is 5.18. The fourth-order valence-electron chi connectivity index (χ4n) is 2.92. The minimum absolute atomic E-state index is 0.0764. The van der Waals surface area contributed by atoms with Gasteiger partial charge >= 0.3 is 0 Å². The molecule has 23 heavy (non-hydrogen) atoms. The lowest BCUT2D eigenvalue weighted by molar-refractivity contribution is -0.129. The first kappa shape index (κ1) is 16.0. The smallest absolute Gasteiger partial charge is 0.258 e. The quantitative estimate of drug-likeness (QED) is 0.790. The fourth-order valence-corrected chi connectivity index (χ4v) is 4.27. The molecule has 0 bridgehead atoms. The minimum atomic E-state index is -1.44. The SMILES string of the molecule is C[Si](C)(C)CN1C(=O)[C@H](c2ccccc2)O[C@H]1c1ccccc1. The number of benzene rings is 2. The van der Waals surface area contributed by atoms with Crippen molar-refractivity contribution in [2.24, 2.45) is 0 Å². The Hall–Kier alpha value is -1.91. The number of carbonyl (C=O) groups excluding carboxylic acids is 1. The van der Waals surface area contributed by atoms with Crippen molar-refractivity contribution in [3.05, 3.63) is 71.8 Å². The number of nitrogens with zero attached hydrogens (tertiary/aromatic N) is 1. The normalized spacial score (nSPS) is 21.7. The fraction of sp³-hybridized carbons (Fsp3) is 0.316. The van der Waals surface area contributed by atoms with E-state index in [1.54, 1.807) is 0 Å². The molecule has 3 nitrogen and oxygen atoms in total. The van der Waals surface area contributed by atoms with E-state index in [1.807, 2.05) is 65.6 Å². The van der Waals surface area contributed by atoms with Crippen LogP contribution in [-0.2, 0) is 9.53 Å². The Morgan fingerprint density at radius 3 is 1.96 bits per heavy atom. The van der Waals surface area contributed by atoms with Crippen molar-refractivity contribution >= 4 is 14.0 Å². The molecule has 0 N–H and O–H groups in total. The van der Waals surface area contributed by atoms with Gasteiger partial charge in [0.05, 0.1) is 8.07 Å². The zero-order valence-electron chi connectivity index (χ0n) is 13.9. The molecule has 120 valence electrons. The van der Waals surface area contributed by atoms with Gasteiger partial charge in [0.25, 0.3) is 5.91 Å². The second-order valence-electron chi connectivity index (χ2n) is 7.22. The van der Waals surface area contributed by atoms with Crippen LogP contribution >= 0.6 is 0 Å². The molecule has 0 spiro atoms. The number of hydrogen-bond donors (Lipinski definition) is 0. The van der Waals surface area contributed by atoms with Gasteiger partial charge in [0.2, 0.25) is 0 Å². The molecule has 0 aromatic heterocycles. The van der Waals surface area contributed by atoms with E-state index in [0.29, 0.717) is 0 Å². The highest BCUT2D eigenvalue weighted by molar-refractivity contribution is 6.76. The van der Waals surface area contributed by atoms with Crippen molar-refractivity contribution < 1.29 is 9.53 Å². The first-order chi connectivity index (χ1) is 11.0. The number of hydrogen-bond acceptors (Lipinski definition) is 2. The highest BCUT2D eigenvalue weighted by Gasteiger charge is 2.43. The van der Waals surface area contributed by atoms with Crippen molar-refractivity contribution in [2.45, 2.75) is 32.0 Å². The van der Waals surface area contributed by atoms with Gasteiger partial charge in [-0.1, -0.05) is 80.3 Å². The minimum Gasteiger partial charge on any atom is -0.336 e. The summed E-state index contributed by atoms with van der Waals surface area (Å²) in [5.41, 5.74) is 1.97. The Balaban J connectivity index is 1.95. The van der Waals surface area contributed by atoms with Crippen molar-refractivity contribution in [2.75, 3.05) is 6.17 Å². The molecule has 1 aliphatic heterocycles. The summed E-state index contributed by atoms with van der Waals surface area (Å²) in [5.74, 6) is 0.0764. The maximum atomic E-state index is 13.0. The van der Waals surface area contributed by atoms with E-state index in [9.17, 15) is 4.79 Å². The Kier molecular flexibility index (Phi) is 4.37. The molecule has 1 amide bonds. The Bertz CT molecular complexity index is 667. The first-order valence-corrected chi connectivity index (χ1v) is 11.7. The van der Waals surface area contributed by atoms with Gasteiger partial charge in [0.15, 0.2) is 12.3 Å². The molecular formula is C19H23NO2Si. The predicted octanol–water partition coefficient (Wildman–Crippen LogP) is 4.16. The standard InChI is InChI=1S/C19H23NO2Si/c1-23(2,3)14-20-18(21)17(15-10-6-4-7-11-15)22-19(20)16-12-8-5-9-13-16/h4-13,17,19H,14H2,1-3H3/t17-,19-/m0/s1. The number of amides is 1. The van der Waals surface area contributed by atoms with Crippen LogP contribution in [0.2, 0.25) is 19.6 Å². The third-order valence-electron chi connectivity index (χ3n) is 3.89. The second kappa shape index (κ2) is 6.30. The van der Waals surface area contributed by atoms with Crippen molar-refractivity contribution in [1.82, 2.24) is 4.90 Å². The molecular weight excluding hydrogens is 302 g/mol. The molecule has 0 unspecified atom stereocenters. The van der Waals surface area contributed by atoms with Gasteiger partial charge < -0.3 is 9.64 Å². The van der Waals surface area contributed by atoms with E-state index in [2.05, 4.69) is 19.6 Å². The van der Waals surface area contributed by atoms with E-state index >= 15 is 0 Å². The first-order valence-electron chi connectivity index (χ1n) is 8.01. The van der Waals surface area contributed by atoms with Crippen LogP contribution in [0, 0.1) is 0 Å². The summed E-state index contributed by atoms with van der Waals surface area (Å²) in [6, 6.07) is 19.8. The predicted molar refractivity (Wildman–Crippen MR) is 94.5 cm³/mol. The molecule has 1 aliphatic rings. The highest BCUT2D eigenvalue weighted by Crippen LogP contribution is 2.39. The molecule has 2 aromatic rings. The number of carbonyl (C=O) groups is 1. The summed E-state index contributed by atoms with van der Waals surface area (Å²) >= 11 is 0. The van der Waals surface area contributed by atoms with E-state index < -0.39 is 14.2 Å². The molecule has 0 aliphatic carbocycles. The zero-order chi connectivity index (χ0) is 16.4. The molecule has 1 fully saturated rings. The zero-order valence-corrected chi connectivity index (χ0v) is 14.9. The molecule has 0 saturated carbocycles. The van der Waals surface area contributed by atoms with Gasteiger partial charge in [-0.25, -0.2) is 0 Å². The maximum absolute atomic E-state index is 13.0.